The van der Waals surface area contributed by atoms with Crippen LogP contribution in [0.25, 0.3) is 5.69 Å². The summed E-state index contributed by atoms with van der Waals surface area (Å²) in [5.74, 6) is 0.794. The van der Waals surface area contributed by atoms with Gasteiger partial charge in [0.25, 0.3) is 0 Å². The standard InChI is InChI=1S/C20H25N5OS/c1-15-12-25(14-22-15)18-7-6-16(10-19(18)26-2)23-20-21-11-17(27-20)13-24-8-4-3-5-9-24/h6-7,10-12,14H,3-5,8-9,13H2,1-2H3,(H,21,23). The van der Waals surface area contributed by atoms with E-state index < -0.39 is 0 Å². The van der Waals surface area contributed by atoms with Crippen molar-refractivity contribution in [1.82, 2.24) is 19.4 Å². The van der Waals surface area contributed by atoms with Gasteiger partial charge in [-0.3, -0.25) is 4.90 Å². The molecule has 3 aromatic rings. The number of nitrogens with zero attached hydrogens (tertiary/aromatic N) is 4. The van der Waals surface area contributed by atoms with Crippen molar-refractivity contribution in [3.05, 3.63) is 47.5 Å². The largest absolute Gasteiger partial charge is 0.494 e. The smallest absolute Gasteiger partial charge is 0.187 e. The number of hydrogen-bond acceptors (Lipinski definition) is 6. The molecule has 0 atom stereocenters. The molecule has 0 spiro atoms. The highest BCUT2D eigenvalue weighted by Crippen LogP contribution is 2.30. The first-order valence-electron chi connectivity index (χ1n) is 9.34. The highest BCUT2D eigenvalue weighted by molar-refractivity contribution is 7.15. The van der Waals surface area contributed by atoms with Crippen LogP contribution < -0.4 is 10.1 Å². The Morgan fingerprint density at radius 1 is 1.19 bits per heavy atom. The van der Waals surface area contributed by atoms with Gasteiger partial charge in [-0.25, -0.2) is 9.97 Å². The number of thiazole rings is 1. The molecule has 1 N–H and O–H groups in total. The lowest BCUT2D eigenvalue weighted by Crippen LogP contribution is -2.28. The van der Waals surface area contributed by atoms with Crippen LogP contribution in [0, 0.1) is 6.92 Å². The van der Waals surface area contributed by atoms with E-state index in [-0.39, 0.29) is 0 Å². The van der Waals surface area contributed by atoms with Crippen molar-refractivity contribution in [2.75, 3.05) is 25.5 Å². The van der Waals surface area contributed by atoms with Gasteiger partial charge in [-0.1, -0.05) is 6.42 Å². The van der Waals surface area contributed by atoms with Gasteiger partial charge in [0.2, 0.25) is 0 Å². The number of rotatable bonds is 6. The second kappa shape index (κ2) is 8.10. The maximum absolute atomic E-state index is 5.58. The van der Waals surface area contributed by atoms with Gasteiger partial charge in [0.05, 0.1) is 24.8 Å². The second-order valence-corrected chi connectivity index (χ2v) is 8.02. The Labute approximate surface area is 163 Å². The average molecular weight is 384 g/mol. The number of methoxy groups -OCH3 is 1. The average Bonchev–Trinajstić information content (AvgIpc) is 3.31. The number of anilines is 2. The number of likely N-dealkylation sites (tertiary alicyclic amines) is 1. The molecule has 4 rings (SSSR count). The molecule has 0 radical (unpaired) electrons. The topological polar surface area (TPSA) is 55.2 Å². The molecule has 0 unspecified atom stereocenters. The fraction of sp³-hybridized carbons (Fsp3) is 0.400. The number of nitrogens with one attached hydrogen (secondary N) is 1. The summed E-state index contributed by atoms with van der Waals surface area (Å²) in [5, 5.41) is 4.32. The summed E-state index contributed by atoms with van der Waals surface area (Å²) in [6.07, 6.45) is 9.76. The third-order valence-electron chi connectivity index (χ3n) is 4.80. The van der Waals surface area contributed by atoms with Gasteiger partial charge in [-0.05, 0) is 45.0 Å². The third-order valence-corrected chi connectivity index (χ3v) is 5.70. The normalized spacial score (nSPS) is 15.0. The first-order valence-corrected chi connectivity index (χ1v) is 10.2. The Kier molecular flexibility index (Phi) is 5.40. The van der Waals surface area contributed by atoms with Crippen molar-refractivity contribution < 1.29 is 4.74 Å². The third kappa shape index (κ3) is 4.31. The van der Waals surface area contributed by atoms with Crippen molar-refractivity contribution in [3.63, 3.8) is 0 Å². The molecule has 1 saturated heterocycles. The number of piperidine rings is 1. The second-order valence-electron chi connectivity index (χ2n) is 6.90. The lowest BCUT2D eigenvalue weighted by Gasteiger charge is -2.25. The quantitative estimate of drug-likeness (QED) is 0.685. The Balaban J connectivity index is 1.46. The van der Waals surface area contributed by atoms with E-state index in [4.69, 9.17) is 4.74 Å². The molecule has 3 heterocycles. The highest BCUT2D eigenvalue weighted by atomic mass is 32.1. The molecule has 1 aromatic carbocycles. The van der Waals surface area contributed by atoms with Crippen LogP contribution in [-0.2, 0) is 6.54 Å². The maximum Gasteiger partial charge on any atom is 0.187 e. The van der Waals surface area contributed by atoms with Gasteiger partial charge in [0, 0.05) is 35.6 Å². The zero-order valence-electron chi connectivity index (χ0n) is 15.8. The number of aromatic nitrogens is 3. The van der Waals surface area contributed by atoms with Crippen molar-refractivity contribution >= 4 is 22.2 Å². The van der Waals surface area contributed by atoms with Crippen LogP contribution in [0.3, 0.4) is 0 Å². The van der Waals surface area contributed by atoms with E-state index in [0.717, 1.165) is 34.5 Å². The molecular formula is C20H25N5OS. The molecule has 0 aliphatic carbocycles. The van der Waals surface area contributed by atoms with Crippen LogP contribution in [0.1, 0.15) is 29.8 Å². The van der Waals surface area contributed by atoms with Crippen molar-refractivity contribution in [1.29, 1.82) is 0 Å². The predicted octanol–water partition coefficient (Wildman–Crippen LogP) is 4.38. The van der Waals surface area contributed by atoms with E-state index in [1.807, 2.05) is 42.1 Å². The summed E-state index contributed by atoms with van der Waals surface area (Å²) < 4.78 is 7.55. The zero-order chi connectivity index (χ0) is 18.6. The molecule has 1 aliphatic heterocycles. The first-order chi connectivity index (χ1) is 13.2. The van der Waals surface area contributed by atoms with Crippen molar-refractivity contribution in [3.8, 4) is 11.4 Å². The van der Waals surface area contributed by atoms with E-state index in [1.54, 1.807) is 24.8 Å². The predicted molar refractivity (Wildman–Crippen MR) is 109 cm³/mol. The molecule has 0 bridgehead atoms. The van der Waals surface area contributed by atoms with E-state index in [0.29, 0.717) is 0 Å². The number of hydrogen-bond donors (Lipinski definition) is 1. The molecule has 0 amide bonds. The molecule has 1 fully saturated rings. The Hall–Kier alpha value is -2.38. The van der Waals surface area contributed by atoms with Crippen LogP contribution in [-0.4, -0.2) is 39.6 Å². The number of benzene rings is 1. The molecule has 1 aliphatic rings. The van der Waals surface area contributed by atoms with Gasteiger partial charge in [-0.2, -0.15) is 0 Å². The fourth-order valence-corrected chi connectivity index (χ4v) is 4.30. The Morgan fingerprint density at radius 2 is 2.04 bits per heavy atom. The lowest BCUT2D eigenvalue weighted by atomic mass is 10.1. The number of aryl methyl sites for hydroxylation is 1. The van der Waals surface area contributed by atoms with Crippen LogP contribution in [0.4, 0.5) is 10.8 Å². The van der Waals surface area contributed by atoms with E-state index in [2.05, 4.69) is 20.2 Å². The highest BCUT2D eigenvalue weighted by Gasteiger charge is 2.13. The SMILES string of the molecule is COc1cc(Nc2ncc(CN3CCCCC3)s2)ccc1-n1cnc(C)c1. The summed E-state index contributed by atoms with van der Waals surface area (Å²) in [6, 6.07) is 6.07. The van der Waals surface area contributed by atoms with Crippen LogP contribution >= 0.6 is 11.3 Å². The van der Waals surface area contributed by atoms with Crippen molar-refractivity contribution in [2.45, 2.75) is 32.7 Å². The number of imidazole rings is 1. The van der Waals surface area contributed by atoms with Gasteiger partial charge in [0.1, 0.15) is 5.75 Å². The molecule has 0 saturated carbocycles. The molecule has 7 heteroatoms. The summed E-state index contributed by atoms with van der Waals surface area (Å²) >= 11 is 1.72. The minimum atomic E-state index is 0.794. The van der Waals surface area contributed by atoms with E-state index in [1.165, 1.54) is 37.2 Å². The minimum absolute atomic E-state index is 0.794. The van der Waals surface area contributed by atoms with Gasteiger partial charge in [0.15, 0.2) is 5.13 Å². The Morgan fingerprint density at radius 3 is 2.78 bits per heavy atom. The number of ether oxygens (including phenoxy) is 1. The minimum Gasteiger partial charge on any atom is -0.494 e. The molecular weight excluding hydrogens is 358 g/mol. The lowest BCUT2D eigenvalue weighted by molar-refractivity contribution is 0.222. The zero-order valence-corrected chi connectivity index (χ0v) is 16.6. The van der Waals surface area contributed by atoms with Gasteiger partial charge in [-0.15, -0.1) is 11.3 Å². The summed E-state index contributed by atoms with van der Waals surface area (Å²) in [4.78, 5) is 12.7. The summed E-state index contributed by atoms with van der Waals surface area (Å²) in [6.45, 7) is 5.38. The van der Waals surface area contributed by atoms with E-state index >= 15 is 0 Å². The summed E-state index contributed by atoms with van der Waals surface area (Å²) in [7, 11) is 1.69. The maximum atomic E-state index is 5.58. The molecule has 2 aromatic heterocycles. The monoisotopic (exact) mass is 383 g/mol. The van der Waals surface area contributed by atoms with E-state index in [9.17, 15) is 0 Å². The summed E-state index contributed by atoms with van der Waals surface area (Å²) in [5.41, 5.74) is 2.91. The molecule has 27 heavy (non-hydrogen) atoms. The fourth-order valence-electron chi connectivity index (χ4n) is 3.42. The van der Waals surface area contributed by atoms with Gasteiger partial charge < -0.3 is 14.6 Å². The van der Waals surface area contributed by atoms with Crippen molar-refractivity contribution in [2.24, 2.45) is 0 Å². The van der Waals surface area contributed by atoms with Crippen LogP contribution in [0.2, 0.25) is 0 Å². The molecule has 142 valence electrons. The van der Waals surface area contributed by atoms with Gasteiger partial charge >= 0.3 is 0 Å². The Bertz CT molecular complexity index is 897. The van der Waals surface area contributed by atoms with Crippen LogP contribution in [0.15, 0.2) is 36.9 Å². The van der Waals surface area contributed by atoms with Crippen LogP contribution in [0.5, 0.6) is 5.75 Å². The first kappa shape index (κ1) is 18.0. The molecule has 6 nitrogen and oxygen atoms in total.